The third-order valence-electron chi connectivity index (χ3n) is 2.48. The summed E-state index contributed by atoms with van der Waals surface area (Å²) in [5, 5.41) is 0. The molecule has 3 atom stereocenters. The molecule has 0 radical (unpaired) electrons. The fraction of sp³-hybridized carbons (Fsp3) is 1.00. The molecule has 2 N–H and O–H groups in total. The zero-order valence-corrected chi connectivity index (χ0v) is 6.43. The van der Waals surface area contributed by atoms with Gasteiger partial charge in [-0.3, -0.25) is 0 Å². The minimum atomic E-state index is 0.426. The Morgan fingerprint density at radius 2 is 2.11 bits per heavy atom. The lowest BCUT2D eigenvalue weighted by Crippen LogP contribution is -2.24. The van der Waals surface area contributed by atoms with E-state index in [0.717, 1.165) is 11.8 Å². The Morgan fingerprint density at radius 3 is 2.33 bits per heavy atom. The van der Waals surface area contributed by atoms with Gasteiger partial charge in [0, 0.05) is 6.04 Å². The fourth-order valence-corrected chi connectivity index (χ4v) is 1.73. The van der Waals surface area contributed by atoms with E-state index in [1.165, 1.54) is 19.3 Å². The van der Waals surface area contributed by atoms with Crippen LogP contribution in [-0.2, 0) is 0 Å². The summed E-state index contributed by atoms with van der Waals surface area (Å²) in [6.45, 7) is 4.45. The van der Waals surface area contributed by atoms with E-state index in [9.17, 15) is 0 Å². The van der Waals surface area contributed by atoms with Gasteiger partial charge in [-0.05, 0) is 31.6 Å². The van der Waals surface area contributed by atoms with Crippen LogP contribution in [0.4, 0.5) is 0 Å². The van der Waals surface area contributed by atoms with E-state index in [2.05, 4.69) is 13.8 Å². The Labute approximate surface area is 57.6 Å². The maximum absolute atomic E-state index is 5.76. The van der Waals surface area contributed by atoms with Crippen LogP contribution >= 0.6 is 0 Å². The Morgan fingerprint density at radius 1 is 1.44 bits per heavy atom. The summed E-state index contributed by atoms with van der Waals surface area (Å²) in [4.78, 5) is 0. The van der Waals surface area contributed by atoms with Crippen molar-refractivity contribution in [3.05, 3.63) is 0 Å². The molecular weight excluding hydrogens is 110 g/mol. The van der Waals surface area contributed by atoms with Crippen molar-refractivity contribution in [2.45, 2.75) is 39.2 Å². The molecule has 1 nitrogen and oxygen atoms in total. The highest BCUT2D eigenvalue weighted by atomic mass is 14.6. The molecule has 1 aliphatic rings. The maximum atomic E-state index is 5.76. The monoisotopic (exact) mass is 127 g/mol. The first kappa shape index (κ1) is 7.07. The van der Waals surface area contributed by atoms with Gasteiger partial charge in [0.2, 0.25) is 0 Å². The van der Waals surface area contributed by atoms with Gasteiger partial charge in [-0.1, -0.05) is 13.3 Å². The average molecular weight is 127 g/mol. The molecule has 1 fully saturated rings. The zero-order chi connectivity index (χ0) is 6.85. The van der Waals surface area contributed by atoms with Crippen molar-refractivity contribution >= 4 is 0 Å². The molecule has 9 heavy (non-hydrogen) atoms. The molecule has 1 aliphatic carbocycles. The summed E-state index contributed by atoms with van der Waals surface area (Å²) >= 11 is 0. The molecule has 1 rings (SSSR count). The lowest BCUT2D eigenvalue weighted by molar-refractivity contribution is 0.441. The van der Waals surface area contributed by atoms with Gasteiger partial charge in [0.25, 0.3) is 0 Å². The van der Waals surface area contributed by atoms with Crippen molar-refractivity contribution in [2.24, 2.45) is 17.6 Å². The third kappa shape index (κ3) is 1.68. The number of hydrogen-bond donors (Lipinski definition) is 1. The zero-order valence-electron chi connectivity index (χ0n) is 6.43. The largest absolute Gasteiger partial charge is 0.328 e. The van der Waals surface area contributed by atoms with Crippen molar-refractivity contribution in [3.63, 3.8) is 0 Å². The van der Waals surface area contributed by atoms with Gasteiger partial charge in [-0.25, -0.2) is 0 Å². The number of hydrogen-bond acceptors (Lipinski definition) is 1. The fourth-order valence-electron chi connectivity index (χ4n) is 1.73. The predicted molar refractivity (Wildman–Crippen MR) is 40.2 cm³/mol. The van der Waals surface area contributed by atoms with Crippen LogP contribution in [0.2, 0.25) is 0 Å². The van der Waals surface area contributed by atoms with E-state index in [1.807, 2.05) is 0 Å². The van der Waals surface area contributed by atoms with E-state index in [4.69, 9.17) is 5.73 Å². The number of nitrogens with two attached hydrogens (primary N) is 1. The van der Waals surface area contributed by atoms with E-state index < -0.39 is 0 Å². The van der Waals surface area contributed by atoms with Crippen LogP contribution in [0.15, 0.2) is 0 Å². The van der Waals surface area contributed by atoms with Gasteiger partial charge < -0.3 is 5.73 Å². The Kier molecular flexibility index (Phi) is 2.12. The topological polar surface area (TPSA) is 26.0 Å². The lowest BCUT2D eigenvalue weighted by Gasteiger charge is -2.12. The average Bonchev–Trinajstić information content (AvgIpc) is 2.14. The van der Waals surface area contributed by atoms with E-state index in [1.54, 1.807) is 0 Å². The molecule has 0 saturated heterocycles. The molecule has 0 bridgehead atoms. The third-order valence-corrected chi connectivity index (χ3v) is 2.48. The van der Waals surface area contributed by atoms with Crippen molar-refractivity contribution in [2.75, 3.05) is 0 Å². The molecule has 0 aliphatic heterocycles. The second-order valence-electron chi connectivity index (χ2n) is 3.54. The lowest BCUT2D eigenvalue weighted by atomic mass is 9.99. The molecular formula is C8H17N. The molecule has 0 amide bonds. The SMILES string of the molecule is CC(N)C1CC[C@@H](C)C1. The highest BCUT2D eigenvalue weighted by Gasteiger charge is 2.23. The summed E-state index contributed by atoms with van der Waals surface area (Å²) in [6, 6.07) is 0.426. The van der Waals surface area contributed by atoms with Gasteiger partial charge in [-0.15, -0.1) is 0 Å². The summed E-state index contributed by atoms with van der Waals surface area (Å²) in [6.07, 6.45) is 4.11. The molecule has 54 valence electrons. The maximum Gasteiger partial charge on any atom is 0.00388 e. The quantitative estimate of drug-likeness (QED) is 0.570. The predicted octanol–water partition coefficient (Wildman–Crippen LogP) is 1.77. The first-order valence-corrected chi connectivity index (χ1v) is 3.95. The molecule has 1 saturated carbocycles. The molecule has 0 aromatic carbocycles. The van der Waals surface area contributed by atoms with Crippen molar-refractivity contribution in [1.82, 2.24) is 0 Å². The summed E-state index contributed by atoms with van der Waals surface area (Å²) in [7, 11) is 0. The van der Waals surface area contributed by atoms with E-state index >= 15 is 0 Å². The Hall–Kier alpha value is -0.0400. The van der Waals surface area contributed by atoms with Gasteiger partial charge in [0.05, 0.1) is 0 Å². The van der Waals surface area contributed by atoms with Gasteiger partial charge in [-0.2, -0.15) is 0 Å². The first-order valence-electron chi connectivity index (χ1n) is 3.95. The molecule has 2 unspecified atom stereocenters. The summed E-state index contributed by atoms with van der Waals surface area (Å²) < 4.78 is 0. The Balaban J connectivity index is 2.30. The Bertz CT molecular complexity index is 88.6. The van der Waals surface area contributed by atoms with Gasteiger partial charge in [0.1, 0.15) is 0 Å². The summed E-state index contributed by atoms with van der Waals surface area (Å²) in [5.41, 5.74) is 5.76. The van der Waals surface area contributed by atoms with Crippen LogP contribution in [0.1, 0.15) is 33.1 Å². The van der Waals surface area contributed by atoms with Crippen molar-refractivity contribution in [3.8, 4) is 0 Å². The first-order chi connectivity index (χ1) is 4.20. The van der Waals surface area contributed by atoms with Crippen molar-refractivity contribution < 1.29 is 0 Å². The molecule has 1 heteroatoms. The smallest absolute Gasteiger partial charge is 0.00388 e. The van der Waals surface area contributed by atoms with Crippen molar-refractivity contribution in [1.29, 1.82) is 0 Å². The van der Waals surface area contributed by atoms with Crippen LogP contribution in [-0.4, -0.2) is 6.04 Å². The highest BCUT2D eigenvalue weighted by molar-refractivity contribution is 4.77. The van der Waals surface area contributed by atoms with Crippen LogP contribution in [0.5, 0.6) is 0 Å². The molecule has 0 heterocycles. The molecule has 0 spiro atoms. The van der Waals surface area contributed by atoms with Crippen LogP contribution in [0.3, 0.4) is 0 Å². The van der Waals surface area contributed by atoms with Gasteiger partial charge >= 0.3 is 0 Å². The normalized spacial score (nSPS) is 39.0. The highest BCUT2D eigenvalue weighted by Crippen LogP contribution is 2.31. The van der Waals surface area contributed by atoms with Gasteiger partial charge in [0.15, 0.2) is 0 Å². The van der Waals surface area contributed by atoms with Crippen LogP contribution in [0.25, 0.3) is 0 Å². The summed E-state index contributed by atoms with van der Waals surface area (Å²) in [5.74, 6) is 1.75. The minimum absolute atomic E-state index is 0.426. The van der Waals surface area contributed by atoms with E-state index in [0.29, 0.717) is 6.04 Å². The minimum Gasteiger partial charge on any atom is -0.328 e. The standard InChI is InChI=1S/C8H17N/c1-6-3-4-8(5-6)7(2)9/h6-8H,3-5,9H2,1-2H3/t6-,7?,8?/m1/s1. The molecule has 0 aromatic heterocycles. The molecule has 0 aromatic rings. The number of rotatable bonds is 1. The van der Waals surface area contributed by atoms with Crippen LogP contribution in [0, 0.1) is 11.8 Å². The second kappa shape index (κ2) is 2.70. The second-order valence-corrected chi connectivity index (χ2v) is 3.54. The van der Waals surface area contributed by atoms with Crippen LogP contribution < -0.4 is 5.73 Å². The van der Waals surface area contributed by atoms with E-state index in [-0.39, 0.29) is 0 Å².